The molecule has 1 aromatic carbocycles. The molecule has 2 bridgehead atoms. The topological polar surface area (TPSA) is 58.9 Å². The van der Waals surface area contributed by atoms with E-state index in [9.17, 15) is 10.2 Å². The molecule has 0 spiro atoms. The smallest absolute Gasteiger partial charge is 0.160 e. The molecule has 4 nitrogen and oxygen atoms in total. The van der Waals surface area contributed by atoms with Gasteiger partial charge in [-0.1, -0.05) is 6.92 Å². The number of benzene rings is 1. The summed E-state index contributed by atoms with van der Waals surface area (Å²) in [7, 11) is 1.54. The summed E-state index contributed by atoms with van der Waals surface area (Å²) in [5.41, 5.74) is 2.16. The van der Waals surface area contributed by atoms with Gasteiger partial charge in [-0.05, 0) is 35.1 Å². The molecular weight excluding hydrogens is 232 g/mol. The minimum Gasteiger partial charge on any atom is -0.504 e. The van der Waals surface area contributed by atoms with Crippen LogP contribution in [0.5, 0.6) is 11.5 Å². The van der Waals surface area contributed by atoms with Gasteiger partial charge >= 0.3 is 0 Å². The number of hydrogen-bond donors (Lipinski definition) is 2. The molecule has 1 heterocycles. The average Bonchev–Trinajstić information content (AvgIpc) is 2.75. The van der Waals surface area contributed by atoms with Crippen LogP contribution in [-0.2, 0) is 4.74 Å². The first-order chi connectivity index (χ1) is 8.67. The molecule has 0 saturated carbocycles. The van der Waals surface area contributed by atoms with Gasteiger partial charge in [0.15, 0.2) is 11.5 Å². The van der Waals surface area contributed by atoms with E-state index in [1.165, 1.54) is 7.11 Å². The SMILES string of the molecule is COc1cc2c(cc1O)[C@H](C)[C@H]1COC2[C@@H]1CO. The number of ether oxygens (including phenoxy) is 2. The van der Waals surface area contributed by atoms with Gasteiger partial charge in [0.05, 0.1) is 19.8 Å². The first kappa shape index (κ1) is 11.8. The second kappa shape index (κ2) is 4.14. The summed E-state index contributed by atoms with van der Waals surface area (Å²) in [6.45, 7) is 2.94. The average molecular weight is 250 g/mol. The molecule has 18 heavy (non-hydrogen) atoms. The molecule has 1 aliphatic carbocycles. The van der Waals surface area contributed by atoms with Crippen molar-refractivity contribution in [1.82, 2.24) is 0 Å². The molecule has 3 rings (SSSR count). The normalized spacial score (nSPS) is 33.3. The second-order valence-electron chi connectivity index (χ2n) is 5.21. The molecule has 98 valence electrons. The van der Waals surface area contributed by atoms with Crippen LogP contribution in [0, 0.1) is 11.8 Å². The van der Waals surface area contributed by atoms with Gasteiger partial charge in [-0.15, -0.1) is 0 Å². The molecular formula is C14H18O4. The van der Waals surface area contributed by atoms with Crippen LogP contribution < -0.4 is 4.74 Å². The van der Waals surface area contributed by atoms with Crippen LogP contribution in [0.1, 0.15) is 30.1 Å². The number of aliphatic hydroxyl groups is 1. The second-order valence-corrected chi connectivity index (χ2v) is 5.21. The Balaban J connectivity index is 2.13. The summed E-state index contributed by atoms with van der Waals surface area (Å²) in [6, 6.07) is 3.62. The quantitative estimate of drug-likeness (QED) is 0.840. The first-order valence-corrected chi connectivity index (χ1v) is 6.30. The Morgan fingerprint density at radius 1 is 1.39 bits per heavy atom. The Labute approximate surface area is 106 Å². The molecule has 1 aromatic rings. The molecule has 0 amide bonds. The number of aromatic hydroxyl groups is 1. The van der Waals surface area contributed by atoms with E-state index in [0.717, 1.165) is 11.1 Å². The van der Waals surface area contributed by atoms with Crippen molar-refractivity contribution in [1.29, 1.82) is 0 Å². The van der Waals surface area contributed by atoms with Crippen LogP contribution in [0.25, 0.3) is 0 Å². The van der Waals surface area contributed by atoms with Crippen LogP contribution in [0.3, 0.4) is 0 Å². The summed E-state index contributed by atoms with van der Waals surface area (Å²) in [5, 5.41) is 19.4. The molecule has 2 N–H and O–H groups in total. The van der Waals surface area contributed by atoms with E-state index in [1.54, 1.807) is 6.07 Å². The van der Waals surface area contributed by atoms with Crippen molar-refractivity contribution in [3.8, 4) is 11.5 Å². The maximum Gasteiger partial charge on any atom is 0.160 e. The number of hydrogen-bond acceptors (Lipinski definition) is 4. The number of rotatable bonds is 2. The maximum absolute atomic E-state index is 9.89. The van der Waals surface area contributed by atoms with Crippen LogP contribution in [0.4, 0.5) is 0 Å². The van der Waals surface area contributed by atoms with Crippen LogP contribution in [0.2, 0.25) is 0 Å². The molecule has 4 heteroatoms. The zero-order valence-electron chi connectivity index (χ0n) is 10.6. The van der Waals surface area contributed by atoms with E-state index in [-0.39, 0.29) is 30.3 Å². The standard InChI is InChI=1S/C14H18O4/c1-7-8-3-12(16)13(17-2)4-9(8)14-10(5-15)11(7)6-18-14/h3-4,7,10-11,14-16H,5-6H2,1-2H3/t7-,10+,11+,14?/m0/s1. The van der Waals surface area contributed by atoms with Crippen LogP contribution in [0.15, 0.2) is 12.1 Å². The fourth-order valence-corrected chi connectivity index (χ4v) is 3.39. The van der Waals surface area contributed by atoms with Crippen molar-refractivity contribution in [2.45, 2.75) is 18.9 Å². The molecule has 0 radical (unpaired) electrons. The summed E-state index contributed by atoms with van der Waals surface area (Å²) >= 11 is 0. The van der Waals surface area contributed by atoms with Crippen LogP contribution >= 0.6 is 0 Å². The lowest BCUT2D eigenvalue weighted by Gasteiger charge is -2.34. The lowest BCUT2D eigenvalue weighted by Crippen LogP contribution is -2.29. The Morgan fingerprint density at radius 2 is 2.17 bits per heavy atom. The third-order valence-corrected chi connectivity index (χ3v) is 4.44. The van der Waals surface area contributed by atoms with Crippen molar-refractivity contribution in [2.75, 3.05) is 20.3 Å². The highest BCUT2D eigenvalue weighted by molar-refractivity contribution is 5.50. The summed E-state index contributed by atoms with van der Waals surface area (Å²) < 4.78 is 11.0. The lowest BCUT2D eigenvalue weighted by atomic mass is 9.70. The zero-order chi connectivity index (χ0) is 12.9. The predicted octanol–water partition coefficient (Wildman–Crippen LogP) is 1.81. The summed E-state index contributed by atoms with van der Waals surface area (Å²) in [6.07, 6.45) is -0.0688. The Morgan fingerprint density at radius 3 is 2.83 bits per heavy atom. The van der Waals surface area contributed by atoms with Gasteiger partial charge in [0.25, 0.3) is 0 Å². The Kier molecular flexibility index (Phi) is 2.72. The Hall–Kier alpha value is -1.26. The number of phenolic OH excluding ortho intramolecular Hbond substituents is 1. The van der Waals surface area contributed by atoms with Gasteiger partial charge in [-0.25, -0.2) is 0 Å². The van der Waals surface area contributed by atoms with Crippen molar-refractivity contribution < 1.29 is 19.7 Å². The minimum absolute atomic E-state index is 0.0688. The third-order valence-electron chi connectivity index (χ3n) is 4.44. The molecule has 0 aromatic heterocycles. The highest BCUT2D eigenvalue weighted by Crippen LogP contribution is 2.53. The van der Waals surface area contributed by atoms with E-state index in [2.05, 4.69) is 6.92 Å². The molecule has 1 fully saturated rings. The van der Waals surface area contributed by atoms with E-state index in [1.807, 2.05) is 6.07 Å². The lowest BCUT2D eigenvalue weighted by molar-refractivity contribution is 0.0691. The van der Waals surface area contributed by atoms with Crippen molar-refractivity contribution in [3.05, 3.63) is 23.3 Å². The largest absolute Gasteiger partial charge is 0.504 e. The number of phenols is 1. The van der Waals surface area contributed by atoms with Gasteiger partial charge in [0.1, 0.15) is 0 Å². The molecule has 4 atom stereocenters. The molecule has 1 saturated heterocycles. The zero-order valence-corrected chi connectivity index (χ0v) is 10.6. The van der Waals surface area contributed by atoms with E-state index in [4.69, 9.17) is 9.47 Å². The highest BCUT2D eigenvalue weighted by atomic mass is 16.5. The van der Waals surface area contributed by atoms with E-state index in [0.29, 0.717) is 18.3 Å². The first-order valence-electron chi connectivity index (χ1n) is 6.30. The third kappa shape index (κ3) is 1.45. The van der Waals surface area contributed by atoms with Crippen molar-refractivity contribution in [2.24, 2.45) is 11.8 Å². The fourth-order valence-electron chi connectivity index (χ4n) is 3.39. The van der Waals surface area contributed by atoms with E-state index < -0.39 is 0 Å². The van der Waals surface area contributed by atoms with Crippen molar-refractivity contribution >= 4 is 0 Å². The van der Waals surface area contributed by atoms with Crippen molar-refractivity contribution in [3.63, 3.8) is 0 Å². The van der Waals surface area contributed by atoms with Gasteiger partial charge < -0.3 is 19.7 Å². The Bertz CT molecular complexity index is 471. The molecule has 2 aliphatic rings. The van der Waals surface area contributed by atoms with Gasteiger partial charge in [0, 0.05) is 12.5 Å². The monoisotopic (exact) mass is 250 g/mol. The maximum atomic E-state index is 9.89. The number of aliphatic hydroxyl groups excluding tert-OH is 1. The van der Waals surface area contributed by atoms with Crippen LogP contribution in [-0.4, -0.2) is 30.5 Å². The predicted molar refractivity (Wildman–Crippen MR) is 65.8 cm³/mol. The number of fused-ring (bicyclic) bond motifs is 4. The van der Waals surface area contributed by atoms with E-state index >= 15 is 0 Å². The van der Waals surface area contributed by atoms with Gasteiger partial charge in [-0.3, -0.25) is 0 Å². The minimum atomic E-state index is -0.0688. The number of methoxy groups -OCH3 is 1. The molecule has 1 unspecified atom stereocenters. The summed E-state index contributed by atoms with van der Waals surface area (Å²) in [4.78, 5) is 0. The molecule has 1 aliphatic heterocycles. The highest BCUT2D eigenvalue weighted by Gasteiger charge is 2.46. The van der Waals surface area contributed by atoms with Gasteiger partial charge in [-0.2, -0.15) is 0 Å². The fraction of sp³-hybridized carbons (Fsp3) is 0.571. The summed E-state index contributed by atoms with van der Waals surface area (Å²) in [5.74, 6) is 1.41. The van der Waals surface area contributed by atoms with Gasteiger partial charge in [0.2, 0.25) is 0 Å².